The van der Waals surface area contributed by atoms with E-state index in [0.717, 1.165) is 5.56 Å². The summed E-state index contributed by atoms with van der Waals surface area (Å²) in [7, 11) is 0. The molecule has 0 aliphatic carbocycles. The molecular weight excluding hydrogens is 381 g/mol. The zero-order valence-electron chi connectivity index (χ0n) is 15.0. The monoisotopic (exact) mass is 399 g/mol. The summed E-state index contributed by atoms with van der Waals surface area (Å²) in [6.07, 6.45) is 3.31. The van der Waals surface area contributed by atoms with Crippen molar-refractivity contribution < 1.29 is 13.6 Å². The second-order valence-electron chi connectivity index (χ2n) is 6.22. The normalized spacial score (nSPS) is 14.3. The van der Waals surface area contributed by atoms with Gasteiger partial charge in [-0.25, -0.2) is 4.39 Å². The summed E-state index contributed by atoms with van der Waals surface area (Å²) in [5, 5.41) is 8.30. The van der Waals surface area contributed by atoms with Crippen LogP contribution >= 0.6 is 11.8 Å². The van der Waals surface area contributed by atoms with Gasteiger partial charge in [-0.3, -0.25) is 9.78 Å². The quantitative estimate of drug-likeness (QED) is 0.611. The van der Waals surface area contributed by atoms with Crippen LogP contribution in [0.3, 0.4) is 0 Å². The largest absolute Gasteiger partial charge is 0.411 e. The molecule has 3 heterocycles. The average molecular weight is 399 g/mol. The molecule has 0 radical (unpaired) electrons. The van der Waals surface area contributed by atoms with Crippen molar-refractivity contribution in [1.82, 2.24) is 20.1 Å². The predicted octanol–water partition coefficient (Wildman–Crippen LogP) is 2.71. The second-order valence-corrected chi connectivity index (χ2v) is 7.15. The number of amides is 1. The summed E-state index contributed by atoms with van der Waals surface area (Å²) in [6, 6.07) is 10.3. The van der Waals surface area contributed by atoms with Crippen molar-refractivity contribution in [3.63, 3.8) is 0 Å². The Morgan fingerprint density at radius 3 is 2.68 bits per heavy atom. The van der Waals surface area contributed by atoms with E-state index in [1.54, 1.807) is 35.5 Å². The van der Waals surface area contributed by atoms with Crippen molar-refractivity contribution in [1.29, 1.82) is 0 Å². The number of benzene rings is 1. The highest BCUT2D eigenvalue weighted by Gasteiger charge is 2.23. The van der Waals surface area contributed by atoms with Gasteiger partial charge in [-0.2, -0.15) is 0 Å². The van der Waals surface area contributed by atoms with E-state index in [9.17, 15) is 9.18 Å². The van der Waals surface area contributed by atoms with Gasteiger partial charge < -0.3 is 14.2 Å². The fraction of sp³-hybridized carbons (Fsp3) is 0.263. The Hall–Kier alpha value is -2.94. The van der Waals surface area contributed by atoms with E-state index < -0.39 is 0 Å². The van der Waals surface area contributed by atoms with Crippen LogP contribution in [0.5, 0.6) is 0 Å². The van der Waals surface area contributed by atoms with Crippen molar-refractivity contribution in [2.24, 2.45) is 0 Å². The fourth-order valence-corrected chi connectivity index (χ4v) is 3.66. The summed E-state index contributed by atoms with van der Waals surface area (Å²) >= 11 is 1.21. The summed E-state index contributed by atoms with van der Waals surface area (Å²) in [5.41, 5.74) is 1.32. The van der Waals surface area contributed by atoms with E-state index in [0.29, 0.717) is 43.0 Å². The van der Waals surface area contributed by atoms with Gasteiger partial charge in [0.25, 0.3) is 5.22 Å². The number of halogens is 1. The minimum absolute atomic E-state index is 0.000638. The van der Waals surface area contributed by atoms with Crippen LogP contribution in [0.1, 0.15) is 0 Å². The molecule has 1 fully saturated rings. The first-order valence-corrected chi connectivity index (χ1v) is 9.83. The van der Waals surface area contributed by atoms with Gasteiger partial charge in [-0.1, -0.05) is 23.9 Å². The molecule has 4 rings (SSSR count). The molecule has 1 amide bonds. The highest BCUT2D eigenvalue weighted by Crippen LogP contribution is 2.24. The summed E-state index contributed by atoms with van der Waals surface area (Å²) in [6.45, 7) is 2.31. The number of piperazine rings is 1. The second kappa shape index (κ2) is 8.39. The topological polar surface area (TPSA) is 75.4 Å². The van der Waals surface area contributed by atoms with Gasteiger partial charge in [-0.05, 0) is 24.3 Å². The molecule has 0 bridgehead atoms. The Morgan fingerprint density at radius 2 is 1.93 bits per heavy atom. The first kappa shape index (κ1) is 18.4. The average Bonchev–Trinajstić information content (AvgIpc) is 3.22. The lowest BCUT2D eigenvalue weighted by atomic mass is 10.2. The summed E-state index contributed by atoms with van der Waals surface area (Å²) in [5.74, 6) is 0.355. The third-order valence-corrected chi connectivity index (χ3v) is 5.26. The lowest BCUT2D eigenvalue weighted by Crippen LogP contribution is -2.49. The highest BCUT2D eigenvalue weighted by atomic mass is 32.2. The molecule has 9 heteroatoms. The van der Waals surface area contributed by atoms with Crippen molar-refractivity contribution in [2.45, 2.75) is 5.22 Å². The van der Waals surface area contributed by atoms with Crippen LogP contribution in [0, 0.1) is 5.82 Å². The van der Waals surface area contributed by atoms with Gasteiger partial charge in [0.1, 0.15) is 5.82 Å². The van der Waals surface area contributed by atoms with Crippen molar-refractivity contribution in [3.8, 4) is 11.5 Å². The molecule has 0 saturated carbocycles. The number of aromatic nitrogens is 3. The lowest BCUT2D eigenvalue weighted by Gasteiger charge is -2.36. The van der Waals surface area contributed by atoms with Gasteiger partial charge in [0, 0.05) is 38.6 Å². The first-order chi connectivity index (χ1) is 13.7. The molecule has 0 unspecified atom stereocenters. The predicted molar refractivity (Wildman–Crippen MR) is 103 cm³/mol. The van der Waals surface area contributed by atoms with Crippen molar-refractivity contribution in [3.05, 3.63) is 54.6 Å². The summed E-state index contributed by atoms with van der Waals surface area (Å²) < 4.78 is 19.5. The van der Waals surface area contributed by atoms with E-state index >= 15 is 0 Å². The number of anilines is 1. The van der Waals surface area contributed by atoms with Crippen LogP contribution in [-0.4, -0.2) is 57.9 Å². The van der Waals surface area contributed by atoms with E-state index in [1.165, 1.54) is 17.8 Å². The molecular formula is C19H18FN5O2S. The number of hydrogen-bond donors (Lipinski definition) is 0. The molecule has 0 atom stereocenters. The first-order valence-electron chi connectivity index (χ1n) is 8.84. The Labute approximate surface area is 165 Å². The van der Waals surface area contributed by atoms with Gasteiger partial charge in [0.15, 0.2) is 0 Å². The Kier molecular flexibility index (Phi) is 5.52. The van der Waals surface area contributed by atoms with Crippen molar-refractivity contribution in [2.75, 3.05) is 36.8 Å². The molecule has 28 heavy (non-hydrogen) atoms. The van der Waals surface area contributed by atoms with Gasteiger partial charge in [0.2, 0.25) is 11.8 Å². The van der Waals surface area contributed by atoms with Gasteiger partial charge in [0.05, 0.1) is 17.0 Å². The zero-order chi connectivity index (χ0) is 19.3. The Balaban J connectivity index is 1.28. The maximum atomic E-state index is 13.9. The zero-order valence-corrected chi connectivity index (χ0v) is 15.8. The molecule has 3 aromatic rings. The molecule has 7 nitrogen and oxygen atoms in total. The van der Waals surface area contributed by atoms with E-state index in [-0.39, 0.29) is 17.5 Å². The molecule has 144 valence electrons. The molecule has 0 N–H and O–H groups in total. The van der Waals surface area contributed by atoms with Crippen molar-refractivity contribution >= 4 is 23.4 Å². The molecule has 1 aliphatic heterocycles. The minimum Gasteiger partial charge on any atom is -0.411 e. The molecule has 1 saturated heterocycles. The van der Waals surface area contributed by atoms with Crippen LogP contribution in [0.2, 0.25) is 0 Å². The standard InChI is InChI=1S/C19H18FN5O2S/c20-15-5-1-2-6-16(15)24-8-10-25(11-9-24)17(26)13-28-19-23-22-18(27-19)14-4-3-7-21-12-14/h1-7,12H,8-11,13H2. The number of carbonyl (C=O) groups excluding carboxylic acids is 1. The van der Waals surface area contributed by atoms with Crippen LogP contribution in [-0.2, 0) is 4.79 Å². The molecule has 0 spiro atoms. The number of para-hydroxylation sites is 1. The number of hydrogen-bond acceptors (Lipinski definition) is 7. The molecule has 2 aromatic heterocycles. The third kappa shape index (κ3) is 4.14. The third-order valence-electron chi connectivity index (χ3n) is 4.46. The number of thioether (sulfide) groups is 1. The van der Waals surface area contributed by atoms with Crippen LogP contribution in [0.15, 0.2) is 58.4 Å². The van der Waals surface area contributed by atoms with Gasteiger partial charge >= 0.3 is 0 Å². The van der Waals surface area contributed by atoms with Crippen LogP contribution in [0.25, 0.3) is 11.5 Å². The van der Waals surface area contributed by atoms with E-state index in [4.69, 9.17) is 4.42 Å². The smallest absolute Gasteiger partial charge is 0.277 e. The number of nitrogens with zero attached hydrogens (tertiary/aromatic N) is 5. The lowest BCUT2D eigenvalue weighted by molar-refractivity contribution is -0.128. The fourth-order valence-electron chi connectivity index (χ4n) is 2.99. The molecule has 1 aliphatic rings. The highest BCUT2D eigenvalue weighted by molar-refractivity contribution is 7.99. The van der Waals surface area contributed by atoms with Crippen LogP contribution in [0.4, 0.5) is 10.1 Å². The Morgan fingerprint density at radius 1 is 1.11 bits per heavy atom. The number of pyridine rings is 1. The summed E-state index contributed by atoms with van der Waals surface area (Å²) in [4.78, 5) is 20.2. The van der Waals surface area contributed by atoms with E-state index in [2.05, 4.69) is 15.2 Å². The van der Waals surface area contributed by atoms with Gasteiger partial charge in [-0.15, -0.1) is 10.2 Å². The number of carbonyl (C=O) groups is 1. The van der Waals surface area contributed by atoms with Crippen LogP contribution < -0.4 is 4.90 Å². The Bertz CT molecular complexity index is 944. The maximum Gasteiger partial charge on any atom is 0.277 e. The van der Waals surface area contributed by atoms with E-state index in [1.807, 2.05) is 17.0 Å². The number of rotatable bonds is 5. The minimum atomic E-state index is -0.237. The maximum absolute atomic E-state index is 13.9. The SMILES string of the molecule is O=C(CSc1nnc(-c2cccnc2)o1)N1CCN(c2ccccc2F)CC1. The molecule has 1 aromatic carbocycles.